The molecule has 1 saturated heterocycles. The number of nitrogens with zero attached hydrogens (tertiary/aromatic N) is 2. The van der Waals surface area contributed by atoms with E-state index in [-0.39, 0.29) is 35.0 Å². The normalized spacial score (nSPS) is 28.7. The Morgan fingerprint density at radius 2 is 1.69 bits per heavy atom. The summed E-state index contributed by atoms with van der Waals surface area (Å²) in [5.74, 6) is -1.53. The lowest BCUT2D eigenvalue weighted by molar-refractivity contribution is -0.384. The quantitative estimate of drug-likeness (QED) is 0.360. The van der Waals surface area contributed by atoms with Crippen molar-refractivity contribution in [3.8, 4) is 5.75 Å². The van der Waals surface area contributed by atoms with Crippen LogP contribution in [0.5, 0.6) is 5.75 Å². The van der Waals surface area contributed by atoms with E-state index < -0.39 is 16.8 Å². The molecule has 1 heterocycles. The minimum atomic E-state index is -0.596. The first-order chi connectivity index (χ1) is 12.4. The summed E-state index contributed by atoms with van der Waals surface area (Å²) in [6.07, 6.45) is 3.98. The second kappa shape index (κ2) is 5.52. The summed E-state index contributed by atoms with van der Waals surface area (Å²) in [5, 5.41) is 11.5. The molecule has 4 rings (SSSR count). The molecule has 0 spiro atoms. The monoisotopic (exact) mass is 354 g/mol. The van der Waals surface area contributed by atoms with E-state index in [1.54, 1.807) is 0 Å². The molecule has 0 N–H and O–H groups in total. The summed E-state index contributed by atoms with van der Waals surface area (Å²) in [7, 11) is 1.40. The number of anilines is 1. The molecule has 0 aromatic heterocycles. The highest BCUT2D eigenvalue weighted by atomic mass is 16.6. The van der Waals surface area contributed by atoms with Gasteiger partial charge in [0.15, 0.2) is 0 Å². The van der Waals surface area contributed by atoms with E-state index in [4.69, 9.17) is 4.74 Å². The highest BCUT2D eigenvalue weighted by Crippen LogP contribution is 2.57. The third kappa shape index (κ3) is 2.00. The van der Waals surface area contributed by atoms with Crippen molar-refractivity contribution < 1.29 is 19.2 Å². The molecule has 3 aliphatic rings. The molecule has 134 valence electrons. The van der Waals surface area contributed by atoms with Crippen LogP contribution >= 0.6 is 0 Å². The molecule has 1 aromatic carbocycles. The number of hydrogen-bond acceptors (Lipinski definition) is 5. The maximum atomic E-state index is 13.1. The number of rotatable bonds is 3. The van der Waals surface area contributed by atoms with Gasteiger partial charge in [-0.05, 0) is 26.0 Å². The number of amides is 2. The van der Waals surface area contributed by atoms with Crippen LogP contribution in [0, 0.1) is 33.8 Å². The second-order valence-electron chi connectivity index (χ2n) is 7.07. The number of imide groups is 1. The maximum Gasteiger partial charge on any atom is 0.297 e. The Kier molecular flexibility index (Phi) is 3.50. The van der Waals surface area contributed by atoms with Crippen molar-refractivity contribution in [3.63, 3.8) is 0 Å². The fourth-order valence-corrected chi connectivity index (χ4v) is 4.63. The first kappa shape index (κ1) is 16.5. The van der Waals surface area contributed by atoms with Gasteiger partial charge in [-0.3, -0.25) is 19.7 Å². The molecule has 2 amide bonds. The first-order valence-corrected chi connectivity index (χ1v) is 8.42. The highest BCUT2D eigenvalue weighted by Gasteiger charge is 2.62. The molecule has 1 aliphatic heterocycles. The first-order valence-electron chi connectivity index (χ1n) is 8.42. The predicted molar refractivity (Wildman–Crippen MR) is 93.6 cm³/mol. The molecule has 1 aromatic rings. The van der Waals surface area contributed by atoms with Crippen molar-refractivity contribution in [2.24, 2.45) is 23.7 Å². The summed E-state index contributed by atoms with van der Waals surface area (Å²) in [6, 6.07) is 4.16. The Morgan fingerprint density at radius 3 is 2.15 bits per heavy atom. The number of ether oxygens (including phenoxy) is 1. The molecule has 2 bridgehead atoms. The molecule has 0 unspecified atom stereocenters. The number of benzene rings is 1. The number of nitro benzene ring substituents is 1. The highest BCUT2D eigenvalue weighted by molar-refractivity contribution is 6.24. The van der Waals surface area contributed by atoms with E-state index in [2.05, 4.69) is 0 Å². The molecule has 0 radical (unpaired) electrons. The SMILES string of the molecule is COc1ccc(N2C(=O)[C@@H]3[C@H](C2=O)[C@@H]2C=C[C@H]3C2=C(C)C)c([N+](=O)[O-])c1. The molecule has 2 fully saturated rings. The summed E-state index contributed by atoms with van der Waals surface area (Å²) < 4.78 is 5.03. The maximum absolute atomic E-state index is 13.1. The number of methoxy groups -OCH3 is 1. The van der Waals surface area contributed by atoms with Gasteiger partial charge >= 0.3 is 0 Å². The number of carbonyl (C=O) groups excluding carboxylic acids is 2. The van der Waals surface area contributed by atoms with Crippen LogP contribution in [-0.2, 0) is 9.59 Å². The third-order valence-corrected chi connectivity index (χ3v) is 5.61. The van der Waals surface area contributed by atoms with Crippen molar-refractivity contribution >= 4 is 23.2 Å². The van der Waals surface area contributed by atoms with Crippen LogP contribution < -0.4 is 9.64 Å². The van der Waals surface area contributed by atoms with Crippen molar-refractivity contribution in [1.29, 1.82) is 0 Å². The van der Waals surface area contributed by atoms with E-state index in [1.807, 2.05) is 26.0 Å². The molecule has 4 atom stereocenters. The fourth-order valence-electron chi connectivity index (χ4n) is 4.63. The zero-order chi connectivity index (χ0) is 18.7. The Labute approximate surface area is 150 Å². The second-order valence-corrected chi connectivity index (χ2v) is 7.07. The summed E-state index contributed by atoms with van der Waals surface area (Å²) in [5.41, 5.74) is 1.97. The standard InChI is InChI=1S/C19H18N2O5/c1-9(2)15-11-5-6-12(15)17-16(11)18(22)20(19(17)23)13-7-4-10(26-3)8-14(13)21(24)25/h4-8,11-12,16-17H,1-3H3/t11-,12+,16-,17+. The molecule has 7 nitrogen and oxygen atoms in total. The summed E-state index contributed by atoms with van der Waals surface area (Å²) in [4.78, 5) is 38.0. The topological polar surface area (TPSA) is 89.8 Å². The minimum Gasteiger partial charge on any atom is -0.496 e. The molecule has 1 saturated carbocycles. The van der Waals surface area contributed by atoms with Crippen molar-refractivity contribution in [3.05, 3.63) is 51.6 Å². The van der Waals surface area contributed by atoms with Gasteiger partial charge in [-0.25, -0.2) is 4.90 Å². The average molecular weight is 354 g/mol. The fraction of sp³-hybridized carbons (Fsp3) is 0.368. The Morgan fingerprint density at radius 1 is 1.12 bits per heavy atom. The molecular formula is C19H18N2O5. The van der Waals surface area contributed by atoms with E-state index in [0.29, 0.717) is 5.75 Å². The minimum absolute atomic E-state index is 0.0124. The predicted octanol–water partition coefficient (Wildman–Crippen LogP) is 2.86. The van der Waals surface area contributed by atoms with Gasteiger partial charge in [-0.15, -0.1) is 0 Å². The van der Waals surface area contributed by atoms with Gasteiger partial charge < -0.3 is 4.74 Å². The van der Waals surface area contributed by atoms with Crippen LogP contribution in [0.4, 0.5) is 11.4 Å². The van der Waals surface area contributed by atoms with E-state index >= 15 is 0 Å². The Balaban J connectivity index is 1.79. The lowest BCUT2D eigenvalue weighted by atomic mass is 9.85. The third-order valence-electron chi connectivity index (χ3n) is 5.61. The van der Waals surface area contributed by atoms with Gasteiger partial charge in [-0.2, -0.15) is 0 Å². The number of carbonyl (C=O) groups is 2. The average Bonchev–Trinajstić information content (AvgIpc) is 3.24. The smallest absolute Gasteiger partial charge is 0.297 e. The lowest BCUT2D eigenvalue weighted by Gasteiger charge is -2.19. The van der Waals surface area contributed by atoms with Crippen LogP contribution in [0.1, 0.15) is 13.8 Å². The van der Waals surface area contributed by atoms with Gasteiger partial charge in [0.25, 0.3) is 5.69 Å². The molecule has 26 heavy (non-hydrogen) atoms. The van der Waals surface area contributed by atoms with Gasteiger partial charge in [-0.1, -0.05) is 23.3 Å². The molecule has 2 aliphatic carbocycles. The molecular weight excluding hydrogens is 336 g/mol. The number of hydrogen-bond donors (Lipinski definition) is 0. The van der Waals surface area contributed by atoms with Gasteiger partial charge in [0.2, 0.25) is 11.8 Å². The molecule has 7 heteroatoms. The summed E-state index contributed by atoms with van der Waals surface area (Å²) in [6.45, 7) is 3.98. The number of fused-ring (bicyclic) bond motifs is 5. The van der Waals surface area contributed by atoms with Gasteiger partial charge in [0, 0.05) is 11.8 Å². The largest absolute Gasteiger partial charge is 0.496 e. The van der Waals surface area contributed by atoms with Crippen LogP contribution in [0.15, 0.2) is 41.5 Å². The van der Waals surface area contributed by atoms with Crippen molar-refractivity contribution in [2.45, 2.75) is 13.8 Å². The van der Waals surface area contributed by atoms with E-state index in [1.165, 1.54) is 25.3 Å². The van der Waals surface area contributed by atoms with Crippen LogP contribution in [0.2, 0.25) is 0 Å². The number of nitro groups is 1. The van der Waals surface area contributed by atoms with E-state index in [9.17, 15) is 19.7 Å². The van der Waals surface area contributed by atoms with Crippen LogP contribution in [0.25, 0.3) is 0 Å². The van der Waals surface area contributed by atoms with Crippen molar-refractivity contribution in [2.75, 3.05) is 12.0 Å². The Bertz CT molecular complexity index is 879. The summed E-state index contributed by atoms with van der Waals surface area (Å²) >= 11 is 0. The zero-order valence-electron chi connectivity index (χ0n) is 14.6. The lowest BCUT2D eigenvalue weighted by Crippen LogP contribution is -2.33. The van der Waals surface area contributed by atoms with E-state index in [0.717, 1.165) is 16.0 Å². The zero-order valence-corrected chi connectivity index (χ0v) is 14.6. The van der Waals surface area contributed by atoms with Gasteiger partial charge in [0.1, 0.15) is 11.4 Å². The van der Waals surface area contributed by atoms with Crippen LogP contribution in [-0.4, -0.2) is 23.8 Å². The van der Waals surface area contributed by atoms with Gasteiger partial charge in [0.05, 0.1) is 29.9 Å². The Hall–Kier alpha value is -2.96. The number of allylic oxidation sites excluding steroid dienone is 4. The van der Waals surface area contributed by atoms with Crippen LogP contribution in [0.3, 0.4) is 0 Å². The van der Waals surface area contributed by atoms with Crippen molar-refractivity contribution in [1.82, 2.24) is 0 Å².